The van der Waals surface area contributed by atoms with E-state index in [1.165, 1.54) is 16.3 Å². The van der Waals surface area contributed by atoms with Crippen LogP contribution < -0.4 is 0 Å². The Morgan fingerprint density at radius 3 is 2.67 bits per heavy atom. The maximum Gasteiger partial charge on any atom is 0.333 e. The summed E-state index contributed by atoms with van der Waals surface area (Å²) >= 11 is 0. The lowest BCUT2D eigenvalue weighted by Gasteiger charge is -2.26. The van der Waals surface area contributed by atoms with Crippen LogP contribution in [0, 0.1) is 0 Å². The molecule has 1 N–H and O–H groups in total. The van der Waals surface area contributed by atoms with Gasteiger partial charge in [0.1, 0.15) is 0 Å². The summed E-state index contributed by atoms with van der Waals surface area (Å²) in [5, 5.41) is 11.5. The molecule has 4 heteroatoms. The van der Waals surface area contributed by atoms with Crippen LogP contribution >= 0.6 is 0 Å². The minimum absolute atomic E-state index is 0.0441. The summed E-state index contributed by atoms with van der Waals surface area (Å²) in [4.78, 5) is 25.0. The van der Waals surface area contributed by atoms with Crippen LogP contribution in [0.25, 0.3) is 10.8 Å². The predicted molar refractivity (Wildman–Crippen MR) is 93.8 cm³/mol. The second-order valence-electron chi connectivity index (χ2n) is 6.17. The topological polar surface area (TPSA) is 57.6 Å². The zero-order valence-corrected chi connectivity index (χ0v) is 13.6. The molecule has 2 aromatic carbocycles. The number of rotatable bonds is 5. The molecule has 0 fully saturated rings. The first-order valence-electron chi connectivity index (χ1n) is 8.31. The number of benzene rings is 2. The third-order valence-electron chi connectivity index (χ3n) is 4.45. The molecule has 24 heavy (non-hydrogen) atoms. The molecule has 0 aromatic heterocycles. The van der Waals surface area contributed by atoms with Crippen LogP contribution in [-0.4, -0.2) is 35.0 Å². The molecular weight excluding hydrogens is 302 g/mol. The lowest BCUT2D eigenvalue weighted by Crippen LogP contribution is -2.37. The fraction of sp³-hybridized carbons (Fsp3) is 0.300. The molecular formula is C20H21NO3. The van der Waals surface area contributed by atoms with E-state index in [1.807, 2.05) is 12.1 Å². The number of fused-ring (bicyclic) bond motifs is 1. The number of carbonyl (C=O) groups is 2. The number of amides is 1. The van der Waals surface area contributed by atoms with Gasteiger partial charge in [0.05, 0.1) is 12.1 Å². The van der Waals surface area contributed by atoms with E-state index in [-0.39, 0.29) is 12.5 Å². The average Bonchev–Trinajstić information content (AvgIpc) is 2.61. The van der Waals surface area contributed by atoms with Gasteiger partial charge in [0.2, 0.25) is 5.91 Å². The van der Waals surface area contributed by atoms with Crippen LogP contribution in [0.1, 0.15) is 24.8 Å². The largest absolute Gasteiger partial charge is 0.478 e. The Kier molecular flexibility index (Phi) is 4.94. The van der Waals surface area contributed by atoms with Crippen LogP contribution in [0.4, 0.5) is 0 Å². The van der Waals surface area contributed by atoms with Crippen molar-refractivity contribution in [3.05, 3.63) is 59.7 Å². The van der Waals surface area contributed by atoms with E-state index in [2.05, 4.69) is 30.3 Å². The summed E-state index contributed by atoms with van der Waals surface area (Å²) in [6.45, 7) is 0.843. The normalized spacial score (nSPS) is 14.5. The van der Waals surface area contributed by atoms with Crippen LogP contribution in [0.2, 0.25) is 0 Å². The Bertz CT molecular complexity index is 794. The minimum atomic E-state index is -0.927. The molecule has 0 saturated heterocycles. The van der Waals surface area contributed by atoms with E-state index in [9.17, 15) is 9.59 Å². The molecule has 0 bridgehead atoms. The van der Waals surface area contributed by atoms with Gasteiger partial charge >= 0.3 is 5.97 Å². The molecule has 2 aromatic rings. The number of nitrogens with zero attached hydrogens (tertiary/aromatic N) is 1. The standard InChI is InChI=1S/C20H21NO3/c22-19(21-12-4-8-18(14-21)20(23)24)9-3-5-15-10-11-16-6-1-2-7-17(16)13-15/h1-2,6-8,10-11,13H,3-5,9,12,14H2,(H,23,24). The van der Waals surface area contributed by atoms with Gasteiger partial charge < -0.3 is 10.0 Å². The van der Waals surface area contributed by atoms with Crippen molar-refractivity contribution in [2.45, 2.75) is 25.7 Å². The first kappa shape index (κ1) is 16.2. The number of carboxylic acids is 1. The lowest BCUT2D eigenvalue weighted by molar-refractivity contribution is -0.134. The molecule has 1 aliphatic rings. The zero-order chi connectivity index (χ0) is 16.9. The van der Waals surface area contributed by atoms with Crippen molar-refractivity contribution in [3.8, 4) is 0 Å². The highest BCUT2D eigenvalue weighted by molar-refractivity contribution is 5.88. The molecule has 1 heterocycles. The molecule has 0 saturated carbocycles. The summed E-state index contributed by atoms with van der Waals surface area (Å²) in [6, 6.07) is 14.6. The molecule has 0 spiro atoms. The van der Waals surface area contributed by atoms with Gasteiger partial charge in [-0.25, -0.2) is 4.79 Å². The van der Waals surface area contributed by atoms with Crippen LogP contribution in [0.3, 0.4) is 0 Å². The SMILES string of the molecule is O=C(O)C1=CCCN(C(=O)CCCc2ccc3ccccc3c2)C1. The third kappa shape index (κ3) is 3.82. The highest BCUT2D eigenvalue weighted by Gasteiger charge is 2.21. The van der Waals surface area contributed by atoms with Crippen molar-refractivity contribution >= 4 is 22.6 Å². The summed E-state index contributed by atoms with van der Waals surface area (Å²) in [7, 11) is 0. The Morgan fingerprint density at radius 1 is 1.08 bits per heavy atom. The molecule has 0 aliphatic carbocycles. The second kappa shape index (κ2) is 7.30. The summed E-state index contributed by atoms with van der Waals surface area (Å²) in [6.07, 6.45) is 4.42. The fourth-order valence-corrected chi connectivity index (χ4v) is 3.11. The maximum absolute atomic E-state index is 12.3. The van der Waals surface area contributed by atoms with Crippen molar-refractivity contribution in [2.24, 2.45) is 0 Å². The number of hydrogen-bond donors (Lipinski definition) is 1. The number of carbonyl (C=O) groups excluding carboxylic acids is 1. The summed E-state index contributed by atoms with van der Waals surface area (Å²) in [5.74, 6) is -0.883. The summed E-state index contributed by atoms with van der Waals surface area (Å²) in [5.41, 5.74) is 1.55. The van der Waals surface area contributed by atoms with Crippen molar-refractivity contribution < 1.29 is 14.7 Å². The first-order chi connectivity index (χ1) is 11.6. The van der Waals surface area contributed by atoms with E-state index in [1.54, 1.807) is 11.0 Å². The van der Waals surface area contributed by atoms with Gasteiger partial charge in [0.25, 0.3) is 0 Å². The number of hydrogen-bond acceptors (Lipinski definition) is 2. The number of aryl methyl sites for hydroxylation is 1. The zero-order valence-electron chi connectivity index (χ0n) is 13.6. The van der Waals surface area contributed by atoms with E-state index in [4.69, 9.17) is 5.11 Å². The Hall–Kier alpha value is -2.62. The first-order valence-corrected chi connectivity index (χ1v) is 8.31. The predicted octanol–water partition coefficient (Wildman–Crippen LogP) is 3.41. The third-order valence-corrected chi connectivity index (χ3v) is 4.45. The monoisotopic (exact) mass is 323 g/mol. The molecule has 1 amide bonds. The highest BCUT2D eigenvalue weighted by atomic mass is 16.4. The maximum atomic E-state index is 12.3. The Balaban J connectivity index is 1.53. The number of carboxylic acid groups (broad SMARTS) is 1. The van der Waals surface area contributed by atoms with E-state index < -0.39 is 5.97 Å². The van der Waals surface area contributed by atoms with Gasteiger partial charge in [0, 0.05) is 13.0 Å². The molecule has 124 valence electrons. The average molecular weight is 323 g/mol. The van der Waals surface area contributed by atoms with E-state index in [0.29, 0.717) is 25.0 Å². The van der Waals surface area contributed by atoms with Crippen molar-refractivity contribution in [2.75, 3.05) is 13.1 Å². The fourth-order valence-electron chi connectivity index (χ4n) is 3.11. The van der Waals surface area contributed by atoms with Crippen LogP contribution in [-0.2, 0) is 16.0 Å². The molecule has 0 unspecified atom stereocenters. The van der Waals surface area contributed by atoms with Crippen molar-refractivity contribution in [3.63, 3.8) is 0 Å². The van der Waals surface area contributed by atoms with Gasteiger partial charge in [-0.3, -0.25) is 4.79 Å². The number of aliphatic carboxylic acids is 1. The second-order valence-corrected chi connectivity index (χ2v) is 6.17. The Morgan fingerprint density at radius 2 is 1.88 bits per heavy atom. The van der Waals surface area contributed by atoms with Gasteiger partial charge in [0.15, 0.2) is 0 Å². The Labute approximate surface area is 141 Å². The van der Waals surface area contributed by atoms with Crippen LogP contribution in [0.15, 0.2) is 54.1 Å². The lowest BCUT2D eigenvalue weighted by atomic mass is 10.0. The molecule has 3 rings (SSSR count). The van der Waals surface area contributed by atoms with Crippen molar-refractivity contribution in [1.82, 2.24) is 4.90 Å². The molecule has 4 nitrogen and oxygen atoms in total. The molecule has 0 radical (unpaired) electrons. The van der Waals surface area contributed by atoms with Gasteiger partial charge in [-0.1, -0.05) is 48.5 Å². The van der Waals surface area contributed by atoms with Gasteiger partial charge in [-0.15, -0.1) is 0 Å². The van der Waals surface area contributed by atoms with Crippen LogP contribution in [0.5, 0.6) is 0 Å². The molecule has 0 atom stereocenters. The smallest absolute Gasteiger partial charge is 0.333 e. The van der Waals surface area contributed by atoms with Crippen molar-refractivity contribution in [1.29, 1.82) is 0 Å². The highest BCUT2D eigenvalue weighted by Crippen LogP contribution is 2.18. The van der Waals surface area contributed by atoms with E-state index in [0.717, 1.165) is 12.8 Å². The van der Waals surface area contributed by atoms with Gasteiger partial charge in [-0.2, -0.15) is 0 Å². The van der Waals surface area contributed by atoms with Gasteiger partial charge in [-0.05, 0) is 35.6 Å². The quantitative estimate of drug-likeness (QED) is 0.917. The summed E-state index contributed by atoms with van der Waals surface area (Å²) < 4.78 is 0. The molecule has 1 aliphatic heterocycles. The minimum Gasteiger partial charge on any atom is -0.478 e. The van der Waals surface area contributed by atoms with E-state index >= 15 is 0 Å².